The maximum absolute atomic E-state index is 7.75. The van der Waals surface area contributed by atoms with Gasteiger partial charge in [-0.05, 0) is 48.5 Å². The van der Waals surface area contributed by atoms with Gasteiger partial charge in [0.15, 0.2) is 0 Å². The average molecular weight is 609 g/mol. The number of hydrogen-bond acceptors (Lipinski definition) is 3. The van der Waals surface area contributed by atoms with Crippen LogP contribution >= 0.6 is 15.8 Å². The fourth-order valence-electron chi connectivity index (χ4n) is 3.97. The van der Waals surface area contributed by atoms with E-state index < -0.39 is 15.8 Å². The zero-order chi connectivity index (χ0) is 28.0. The van der Waals surface area contributed by atoms with Crippen molar-refractivity contribution in [1.29, 1.82) is 0 Å². The van der Waals surface area contributed by atoms with Gasteiger partial charge in [-0.3, -0.25) is 16.8 Å². The van der Waals surface area contributed by atoms with Crippen LogP contribution in [0.25, 0.3) is 5.41 Å². The first-order valence-corrected chi connectivity index (χ1v) is 16.3. The van der Waals surface area contributed by atoms with Gasteiger partial charge < -0.3 is 10.2 Å². The third-order valence-electron chi connectivity index (χ3n) is 5.70. The number of hydrogen-bond donors (Lipinski definition) is 0. The molecule has 0 amide bonds. The van der Waals surface area contributed by atoms with Crippen LogP contribution in [0.5, 0.6) is 0 Å². The second-order valence-electron chi connectivity index (χ2n) is 8.27. The van der Waals surface area contributed by atoms with Crippen LogP contribution in [0, 0.1) is 0 Å². The van der Waals surface area contributed by atoms with Gasteiger partial charge >= 0.3 is 17.1 Å². The Bertz CT molecular complexity index is 1050. The molecular weight excluding hydrogens is 572 g/mol. The Hall–Kier alpha value is -3.06. The average Bonchev–Trinajstić information content (AvgIpc) is 3.01. The molecule has 0 aliphatic carbocycles. The molecule has 0 aliphatic rings. The fourth-order valence-corrected chi connectivity index (χ4v) is 8.58. The predicted molar refractivity (Wildman–Crippen MR) is 179 cm³/mol. The van der Waals surface area contributed by atoms with Crippen LogP contribution in [0.15, 0.2) is 131 Å². The summed E-state index contributed by atoms with van der Waals surface area (Å²) in [6, 6.07) is 43.4. The van der Waals surface area contributed by atoms with Crippen molar-refractivity contribution in [2.24, 2.45) is 9.98 Å². The third kappa shape index (κ3) is 12.9. The van der Waals surface area contributed by atoms with Crippen molar-refractivity contribution in [1.82, 2.24) is 0 Å². The Morgan fingerprint density at radius 3 is 1.02 bits per heavy atom. The minimum absolute atomic E-state index is 0. The normalized spacial score (nSPS) is 10.4. The molecule has 0 atom stereocenters. The first-order chi connectivity index (χ1) is 19.3. The molecule has 4 aromatic rings. The predicted octanol–water partition coefficient (Wildman–Crippen LogP) is 5.23. The van der Waals surface area contributed by atoms with Crippen molar-refractivity contribution in [2.45, 2.75) is 6.92 Å². The van der Waals surface area contributed by atoms with Gasteiger partial charge in [0.2, 0.25) is 0 Å². The molecule has 0 unspecified atom stereocenters. The van der Waals surface area contributed by atoms with Gasteiger partial charge in [-0.25, -0.2) is 6.21 Å². The summed E-state index contributed by atoms with van der Waals surface area (Å²) in [6.45, 7) is 6.29. The van der Waals surface area contributed by atoms with Crippen LogP contribution in [0.3, 0.4) is 0 Å². The molecule has 0 fully saturated rings. The molecule has 4 rings (SSSR count). The molecule has 0 aromatic heterocycles. The minimum atomic E-state index is -0.852. The van der Waals surface area contributed by atoms with Gasteiger partial charge in [-0.1, -0.05) is 79.7 Å². The van der Waals surface area contributed by atoms with E-state index in [0.29, 0.717) is 0 Å². The zero-order valence-electron chi connectivity index (χ0n) is 22.8. The molecule has 4 nitrogen and oxygen atoms in total. The summed E-state index contributed by atoms with van der Waals surface area (Å²) in [5.74, 6) is 0. The molecule has 0 aliphatic heterocycles. The molecule has 0 radical (unpaired) electrons. The van der Waals surface area contributed by atoms with Crippen LogP contribution in [0.4, 0.5) is 0 Å². The summed E-state index contributed by atoms with van der Waals surface area (Å²) in [6.07, 6.45) is 7.23. The van der Waals surface area contributed by atoms with Crippen LogP contribution < -0.4 is 21.2 Å². The molecule has 40 heavy (non-hydrogen) atoms. The van der Waals surface area contributed by atoms with E-state index in [1.165, 1.54) is 21.2 Å². The molecule has 0 N–H and O–H groups in total. The Morgan fingerprint density at radius 1 is 0.575 bits per heavy atom. The second kappa shape index (κ2) is 22.7. The summed E-state index contributed by atoms with van der Waals surface area (Å²) in [7, 11) is -1.70. The second-order valence-corrected chi connectivity index (χ2v) is 13.3. The number of aliphatic imine (C=N–C) groups is 2. The van der Waals surface area contributed by atoms with E-state index >= 15 is 0 Å². The van der Waals surface area contributed by atoms with Crippen molar-refractivity contribution in [2.75, 3.05) is 25.4 Å². The SMILES string of the molecule is C(C[PH+](c1ccccc1)c1ccccc1)=NCCN=CC[PH+](c1ccccc1)c1ccccc1.CC=[N-].[CH-]=O.[Fe+2]. The summed E-state index contributed by atoms with van der Waals surface area (Å²) in [5.41, 5.74) is 0. The minimum Gasteiger partial charge on any atom is -0.814 e. The van der Waals surface area contributed by atoms with Crippen molar-refractivity contribution in [3.63, 3.8) is 0 Å². The molecule has 7 heteroatoms. The van der Waals surface area contributed by atoms with Gasteiger partial charge in [0, 0.05) is 12.4 Å². The summed E-state index contributed by atoms with van der Waals surface area (Å²) in [5, 5.41) is 13.2. The summed E-state index contributed by atoms with van der Waals surface area (Å²) in [4.78, 5) is 17.1. The van der Waals surface area contributed by atoms with Crippen LogP contribution in [-0.4, -0.2) is 50.8 Å². The van der Waals surface area contributed by atoms with Crippen molar-refractivity contribution in [3.8, 4) is 0 Å². The van der Waals surface area contributed by atoms with Gasteiger partial charge in [0.05, 0.1) is 50.2 Å². The molecule has 0 saturated carbocycles. The largest absolute Gasteiger partial charge is 2.00 e. The van der Waals surface area contributed by atoms with E-state index in [1.54, 1.807) is 6.92 Å². The van der Waals surface area contributed by atoms with Crippen LogP contribution in [-0.2, 0) is 21.9 Å². The monoisotopic (exact) mass is 609 g/mol. The quantitative estimate of drug-likeness (QED) is 0.0574. The first-order valence-electron chi connectivity index (χ1n) is 12.9. The molecule has 206 valence electrons. The molecule has 4 aromatic carbocycles. The number of rotatable bonds is 11. The van der Waals surface area contributed by atoms with Crippen molar-refractivity contribution < 1.29 is 21.9 Å². The van der Waals surface area contributed by atoms with E-state index in [0.717, 1.165) is 31.6 Å². The first kappa shape index (κ1) is 35.0. The number of carbonyl (C=O) groups excluding carboxylic acids is 1. The summed E-state index contributed by atoms with van der Waals surface area (Å²) >= 11 is 0. The Labute approximate surface area is 252 Å². The standard InChI is InChI=1S/C30H30N2P2.C2H4N.CHO.Fe/c1-5-13-27(14-6-1)33(28-15-7-2-8-16-28)25-23-31-21-22-32-24-26-34(29-17-9-3-10-18-29)30-19-11-4-12-20-30;1-2-3;1-2;/h1-20,23-24H,21-22,25-26H2;2H,1H3;1H;/q;2*-1;+2/p+2. The Balaban J connectivity index is 0.00000125. The van der Waals surface area contributed by atoms with E-state index in [2.05, 4.69) is 141 Å². The molecule has 0 spiro atoms. The molecule has 0 bridgehead atoms. The van der Waals surface area contributed by atoms with Gasteiger partial charge in [0.1, 0.15) is 12.3 Å². The van der Waals surface area contributed by atoms with E-state index in [1.807, 2.05) is 0 Å². The molecule has 0 saturated heterocycles. The van der Waals surface area contributed by atoms with Gasteiger partial charge in [-0.2, -0.15) is 0 Å². The topological polar surface area (TPSA) is 64.1 Å². The third-order valence-corrected chi connectivity index (χ3v) is 11.0. The fraction of sp³-hybridized carbons (Fsp3) is 0.152. The van der Waals surface area contributed by atoms with E-state index in [9.17, 15) is 0 Å². The van der Waals surface area contributed by atoms with E-state index in [-0.39, 0.29) is 17.1 Å². The number of nitrogens with zero attached hydrogens (tertiary/aromatic N) is 3. The smallest absolute Gasteiger partial charge is 0.814 e. The van der Waals surface area contributed by atoms with Crippen molar-refractivity contribution in [3.05, 3.63) is 127 Å². The van der Waals surface area contributed by atoms with Gasteiger partial charge in [-0.15, -0.1) is 0 Å². The molecular formula is C33H37FeN3OP2+2. The maximum Gasteiger partial charge on any atom is 2.00 e. The maximum atomic E-state index is 7.75. The zero-order valence-corrected chi connectivity index (χ0v) is 25.9. The van der Waals surface area contributed by atoms with Crippen LogP contribution in [0.1, 0.15) is 6.92 Å². The Kier molecular flexibility index (Phi) is 19.9. The number of benzene rings is 4. The summed E-state index contributed by atoms with van der Waals surface area (Å²) < 4.78 is 0. The Morgan fingerprint density at radius 2 is 0.800 bits per heavy atom. The molecule has 0 heterocycles. The van der Waals surface area contributed by atoms with Crippen molar-refractivity contribution >= 4 is 62.5 Å². The van der Waals surface area contributed by atoms with E-state index in [4.69, 9.17) is 20.2 Å². The van der Waals surface area contributed by atoms with Crippen LogP contribution in [0.2, 0.25) is 0 Å². The van der Waals surface area contributed by atoms with Gasteiger partial charge in [0.25, 0.3) is 0 Å².